The second-order valence-electron chi connectivity index (χ2n) is 3.96. The van der Waals surface area contributed by atoms with Crippen molar-refractivity contribution in [2.45, 2.75) is 18.9 Å². The van der Waals surface area contributed by atoms with E-state index in [1.165, 1.54) is 17.3 Å². The van der Waals surface area contributed by atoms with Gasteiger partial charge in [0.05, 0.1) is 23.9 Å². The van der Waals surface area contributed by atoms with Gasteiger partial charge in [-0.25, -0.2) is 14.4 Å². The number of aromatic nitrogens is 3. The van der Waals surface area contributed by atoms with Crippen molar-refractivity contribution < 1.29 is 4.39 Å². The molecule has 17 heavy (non-hydrogen) atoms. The predicted octanol–water partition coefficient (Wildman–Crippen LogP) is 2.41. The number of thiazole rings is 1. The van der Waals surface area contributed by atoms with Crippen molar-refractivity contribution in [3.8, 4) is 0 Å². The third kappa shape index (κ3) is 2.00. The van der Waals surface area contributed by atoms with Crippen molar-refractivity contribution in [1.29, 1.82) is 0 Å². The van der Waals surface area contributed by atoms with Crippen LogP contribution in [0.2, 0.25) is 0 Å². The lowest BCUT2D eigenvalue weighted by molar-refractivity contribution is 0.609. The van der Waals surface area contributed by atoms with E-state index in [4.69, 9.17) is 0 Å². The minimum absolute atomic E-state index is 0.285. The predicted molar refractivity (Wildman–Crippen MR) is 63.4 cm³/mol. The SMILES string of the molecule is Fc1cnc(N2CCCC2c2cncs2)nc1. The van der Waals surface area contributed by atoms with Gasteiger partial charge in [-0.05, 0) is 12.8 Å². The van der Waals surface area contributed by atoms with E-state index >= 15 is 0 Å². The molecule has 0 N–H and O–H groups in total. The first-order chi connectivity index (χ1) is 8.34. The van der Waals surface area contributed by atoms with Gasteiger partial charge in [0.2, 0.25) is 5.95 Å². The normalized spacial score (nSPS) is 19.8. The summed E-state index contributed by atoms with van der Waals surface area (Å²) in [5.41, 5.74) is 1.83. The Bertz CT molecular complexity index is 485. The van der Waals surface area contributed by atoms with Crippen molar-refractivity contribution in [3.05, 3.63) is 34.8 Å². The summed E-state index contributed by atoms with van der Waals surface area (Å²) < 4.78 is 12.8. The first kappa shape index (κ1) is 10.6. The van der Waals surface area contributed by atoms with Crippen LogP contribution in [0.25, 0.3) is 0 Å². The van der Waals surface area contributed by atoms with Crippen molar-refractivity contribution in [2.75, 3.05) is 11.4 Å². The molecule has 1 unspecified atom stereocenters. The molecule has 6 heteroatoms. The molecule has 2 aromatic rings. The monoisotopic (exact) mass is 250 g/mol. The molecule has 0 aromatic carbocycles. The fourth-order valence-electron chi connectivity index (χ4n) is 2.15. The topological polar surface area (TPSA) is 41.9 Å². The van der Waals surface area contributed by atoms with Crippen molar-refractivity contribution in [3.63, 3.8) is 0 Å². The third-order valence-corrected chi connectivity index (χ3v) is 3.77. The molecule has 0 amide bonds. The number of anilines is 1. The summed E-state index contributed by atoms with van der Waals surface area (Å²) in [5.74, 6) is 0.199. The number of hydrogen-bond acceptors (Lipinski definition) is 5. The lowest BCUT2D eigenvalue weighted by Gasteiger charge is -2.23. The zero-order chi connectivity index (χ0) is 11.7. The number of hydrogen-bond donors (Lipinski definition) is 0. The Hall–Kier alpha value is -1.56. The Morgan fingerprint density at radius 3 is 2.82 bits per heavy atom. The fourth-order valence-corrected chi connectivity index (χ4v) is 2.91. The van der Waals surface area contributed by atoms with Gasteiger partial charge in [-0.15, -0.1) is 11.3 Å². The second kappa shape index (κ2) is 4.37. The molecule has 1 fully saturated rings. The number of rotatable bonds is 2. The Balaban J connectivity index is 1.89. The van der Waals surface area contributed by atoms with E-state index in [9.17, 15) is 4.39 Å². The maximum atomic E-state index is 12.8. The fraction of sp³-hybridized carbons (Fsp3) is 0.364. The van der Waals surface area contributed by atoms with Crippen LogP contribution in [0, 0.1) is 5.82 Å². The highest BCUT2D eigenvalue weighted by Gasteiger charge is 2.28. The highest BCUT2D eigenvalue weighted by molar-refractivity contribution is 7.09. The molecule has 0 aliphatic carbocycles. The zero-order valence-corrected chi connectivity index (χ0v) is 9.90. The molecule has 2 aromatic heterocycles. The van der Waals surface area contributed by atoms with E-state index in [2.05, 4.69) is 19.9 Å². The van der Waals surface area contributed by atoms with Crippen molar-refractivity contribution >= 4 is 17.3 Å². The largest absolute Gasteiger partial charge is 0.333 e. The lowest BCUT2D eigenvalue weighted by Crippen LogP contribution is -2.24. The summed E-state index contributed by atoms with van der Waals surface area (Å²) in [6, 6.07) is 0.285. The van der Waals surface area contributed by atoms with Gasteiger partial charge in [-0.2, -0.15) is 0 Å². The molecule has 0 bridgehead atoms. The van der Waals surface area contributed by atoms with Crippen LogP contribution in [0.3, 0.4) is 0 Å². The van der Waals surface area contributed by atoms with Gasteiger partial charge < -0.3 is 4.90 Å². The number of nitrogens with zero attached hydrogens (tertiary/aromatic N) is 4. The summed E-state index contributed by atoms with van der Waals surface area (Å²) in [6.07, 6.45) is 6.48. The van der Waals surface area contributed by atoms with Gasteiger partial charge >= 0.3 is 0 Å². The first-order valence-corrected chi connectivity index (χ1v) is 6.35. The molecule has 0 spiro atoms. The zero-order valence-electron chi connectivity index (χ0n) is 9.08. The third-order valence-electron chi connectivity index (χ3n) is 2.90. The van der Waals surface area contributed by atoms with Crippen LogP contribution in [0.4, 0.5) is 10.3 Å². The molecular formula is C11H11FN4S. The number of halogens is 1. The van der Waals surface area contributed by atoms with Crippen LogP contribution in [0.1, 0.15) is 23.8 Å². The Morgan fingerprint density at radius 2 is 2.12 bits per heavy atom. The summed E-state index contributed by atoms with van der Waals surface area (Å²) in [5, 5.41) is 0. The van der Waals surface area contributed by atoms with Crippen molar-refractivity contribution in [1.82, 2.24) is 15.0 Å². The molecule has 1 aliphatic heterocycles. The maximum Gasteiger partial charge on any atom is 0.225 e. The van der Waals surface area contributed by atoms with Crippen LogP contribution in [-0.4, -0.2) is 21.5 Å². The highest BCUT2D eigenvalue weighted by atomic mass is 32.1. The van der Waals surface area contributed by atoms with Crippen LogP contribution >= 0.6 is 11.3 Å². The summed E-state index contributed by atoms with van der Waals surface area (Å²) in [4.78, 5) is 15.5. The average molecular weight is 250 g/mol. The summed E-state index contributed by atoms with van der Waals surface area (Å²) in [7, 11) is 0. The molecule has 1 saturated heterocycles. The molecule has 4 nitrogen and oxygen atoms in total. The quantitative estimate of drug-likeness (QED) is 0.820. The van der Waals surface area contributed by atoms with Crippen LogP contribution in [0.5, 0.6) is 0 Å². The minimum Gasteiger partial charge on any atom is -0.333 e. The standard InChI is InChI=1S/C11H11FN4S/c12-8-4-14-11(15-5-8)16-3-1-2-9(16)10-6-13-7-17-10/h4-7,9H,1-3H2. The van der Waals surface area contributed by atoms with Gasteiger partial charge in [0.1, 0.15) is 0 Å². The van der Waals surface area contributed by atoms with Gasteiger partial charge in [-0.1, -0.05) is 0 Å². The van der Waals surface area contributed by atoms with Gasteiger partial charge in [0.25, 0.3) is 0 Å². The Morgan fingerprint density at radius 1 is 1.29 bits per heavy atom. The lowest BCUT2D eigenvalue weighted by atomic mass is 10.2. The molecule has 1 aliphatic rings. The molecule has 0 saturated carbocycles. The first-order valence-electron chi connectivity index (χ1n) is 5.47. The van der Waals surface area contributed by atoms with Crippen LogP contribution < -0.4 is 4.90 Å². The average Bonchev–Trinajstić information content (AvgIpc) is 3.00. The Labute approximate surface area is 102 Å². The van der Waals surface area contributed by atoms with E-state index in [1.807, 2.05) is 11.7 Å². The van der Waals surface area contributed by atoms with Gasteiger partial charge in [0, 0.05) is 17.6 Å². The summed E-state index contributed by atoms with van der Waals surface area (Å²) in [6.45, 7) is 0.911. The smallest absolute Gasteiger partial charge is 0.225 e. The van der Waals surface area contributed by atoms with E-state index in [-0.39, 0.29) is 6.04 Å². The maximum absolute atomic E-state index is 12.8. The van der Waals surface area contributed by atoms with E-state index in [0.717, 1.165) is 19.4 Å². The molecular weight excluding hydrogens is 239 g/mol. The second-order valence-corrected chi connectivity index (χ2v) is 4.87. The van der Waals surface area contributed by atoms with Crippen LogP contribution in [0.15, 0.2) is 24.1 Å². The molecule has 3 rings (SSSR count). The van der Waals surface area contributed by atoms with E-state index in [0.29, 0.717) is 5.95 Å². The van der Waals surface area contributed by atoms with Gasteiger partial charge in [-0.3, -0.25) is 4.98 Å². The molecule has 1 atom stereocenters. The van der Waals surface area contributed by atoms with Crippen LogP contribution in [-0.2, 0) is 0 Å². The molecule has 88 valence electrons. The van der Waals surface area contributed by atoms with E-state index in [1.54, 1.807) is 11.3 Å². The van der Waals surface area contributed by atoms with E-state index < -0.39 is 5.82 Å². The Kier molecular flexibility index (Phi) is 2.72. The highest BCUT2D eigenvalue weighted by Crippen LogP contribution is 2.35. The van der Waals surface area contributed by atoms with Gasteiger partial charge in [0.15, 0.2) is 5.82 Å². The minimum atomic E-state index is -0.401. The molecule has 3 heterocycles. The van der Waals surface area contributed by atoms with Crippen molar-refractivity contribution in [2.24, 2.45) is 0 Å². The summed E-state index contributed by atoms with van der Waals surface area (Å²) >= 11 is 1.64. The molecule has 0 radical (unpaired) electrons.